The van der Waals surface area contributed by atoms with Crippen LogP contribution in [0.15, 0.2) is 48.5 Å². The number of carbonyl (C=O) groups is 2. The van der Waals surface area contributed by atoms with Gasteiger partial charge in [-0.2, -0.15) is 0 Å². The molecule has 148 valence electrons. The number of ether oxygens (including phenoxy) is 1. The summed E-state index contributed by atoms with van der Waals surface area (Å²) in [6.07, 6.45) is 1.33. The van der Waals surface area contributed by atoms with E-state index in [9.17, 15) is 14.0 Å². The molecular weight excluding hydrogens is 371 g/mol. The van der Waals surface area contributed by atoms with Gasteiger partial charge in [0.25, 0.3) is 0 Å². The number of halogens is 1. The molecule has 3 aromatic rings. The predicted octanol–water partition coefficient (Wildman–Crippen LogP) is 3.71. The van der Waals surface area contributed by atoms with Crippen molar-refractivity contribution in [1.29, 1.82) is 0 Å². The van der Waals surface area contributed by atoms with Gasteiger partial charge in [-0.15, -0.1) is 0 Å². The summed E-state index contributed by atoms with van der Waals surface area (Å²) >= 11 is 0. The highest BCUT2D eigenvalue weighted by Crippen LogP contribution is 2.47. The molecule has 1 aromatic heterocycles. The number of aromatic nitrogens is 1. The Kier molecular flexibility index (Phi) is 4.15. The summed E-state index contributed by atoms with van der Waals surface area (Å²) in [5.74, 6) is -2.37. The highest BCUT2D eigenvalue weighted by Gasteiger charge is 2.49. The normalized spacial score (nSPS) is 23.6. The zero-order valence-electron chi connectivity index (χ0n) is 16.0. The Hall–Kier alpha value is -3.15. The van der Waals surface area contributed by atoms with Crippen molar-refractivity contribution in [3.8, 4) is 0 Å². The Morgan fingerprint density at radius 3 is 2.69 bits per heavy atom. The van der Waals surface area contributed by atoms with Gasteiger partial charge in [0.1, 0.15) is 11.7 Å². The molecule has 3 atom stereocenters. The minimum absolute atomic E-state index is 0.144. The first-order chi connectivity index (χ1) is 14.1. The number of H-pyrrole nitrogens is 1. The molecule has 2 aliphatic heterocycles. The molecule has 0 spiro atoms. The van der Waals surface area contributed by atoms with E-state index in [1.165, 1.54) is 30.2 Å². The van der Waals surface area contributed by atoms with Gasteiger partial charge in [0.15, 0.2) is 0 Å². The topological polar surface area (TPSA) is 62.4 Å². The Morgan fingerprint density at radius 1 is 1.17 bits per heavy atom. The summed E-state index contributed by atoms with van der Waals surface area (Å²) in [4.78, 5) is 31.2. The molecule has 1 amide bonds. The van der Waals surface area contributed by atoms with Crippen LogP contribution in [0.1, 0.15) is 35.2 Å². The van der Waals surface area contributed by atoms with Crippen molar-refractivity contribution in [3.05, 3.63) is 71.2 Å². The number of para-hydroxylation sites is 1. The maximum absolute atomic E-state index is 13.5. The number of rotatable bonds is 2. The van der Waals surface area contributed by atoms with Crippen molar-refractivity contribution in [1.82, 2.24) is 9.88 Å². The first kappa shape index (κ1) is 17.9. The van der Waals surface area contributed by atoms with Gasteiger partial charge in [-0.05, 0) is 42.2 Å². The summed E-state index contributed by atoms with van der Waals surface area (Å²) < 4.78 is 18.4. The van der Waals surface area contributed by atoms with E-state index in [2.05, 4.69) is 11.1 Å². The average Bonchev–Trinajstić information content (AvgIpc) is 3.13. The van der Waals surface area contributed by atoms with Gasteiger partial charge in [0.2, 0.25) is 5.91 Å². The molecule has 3 heterocycles. The lowest BCUT2D eigenvalue weighted by Crippen LogP contribution is -2.51. The van der Waals surface area contributed by atoms with Crippen molar-refractivity contribution in [2.24, 2.45) is 5.92 Å². The number of amides is 1. The molecule has 6 heteroatoms. The molecule has 2 aliphatic rings. The fraction of sp³-hybridized carbons (Fsp3) is 0.304. The second-order valence-electron chi connectivity index (χ2n) is 7.75. The molecule has 5 rings (SSSR count). The Bertz CT molecular complexity index is 1110. The molecule has 0 radical (unpaired) electrons. The molecule has 1 saturated heterocycles. The molecule has 0 saturated carbocycles. The standard InChI is InChI=1S/C23H21FN2O3/c1-29-23(28)20-17(13-6-8-14(24)9-7-13)12-19-21-16(10-11-26(19)22(20)27)15-4-2-3-5-18(15)25-21/h2-9,17,19-20,25H,10-12H2,1H3/t17-,19+,20-/m0/s1. The van der Waals surface area contributed by atoms with Gasteiger partial charge in [-0.25, -0.2) is 4.39 Å². The third kappa shape index (κ3) is 2.74. The van der Waals surface area contributed by atoms with E-state index in [4.69, 9.17) is 4.74 Å². The van der Waals surface area contributed by atoms with E-state index < -0.39 is 11.9 Å². The van der Waals surface area contributed by atoms with E-state index in [0.717, 1.165) is 23.2 Å². The van der Waals surface area contributed by atoms with Crippen LogP contribution in [0.3, 0.4) is 0 Å². The first-order valence-electron chi connectivity index (χ1n) is 9.81. The maximum Gasteiger partial charge on any atom is 0.318 e. The smallest absolute Gasteiger partial charge is 0.318 e. The fourth-order valence-electron chi connectivity index (χ4n) is 4.99. The molecular formula is C23H21FN2O3. The van der Waals surface area contributed by atoms with E-state index in [1.807, 2.05) is 18.2 Å². The number of carbonyl (C=O) groups excluding carboxylic acids is 2. The van der Waals surface area contributed by atoms with Gasteiger partial charge in [0.05, 0.1) is 13.2 Å². The molecule has 5 nitrogen and oxygen atoms in total. The summed E-state index contributed by atoms with van der Waals surface area (Å²) in [7, 11) is 1.30. The third-order valence-electron chi connectivity index (χ3n) is 6.34. The van der Waals surface area contributed by atoms with Crippen LogP contribution in [0, 0.1) is 11.7 Å². The molecule has 1 fully saturated rings. The first-order valence-corrected chi connectivity index (χ1v) is 9.81. The van der Waals surface area contributed by atoms with Crippen molar-refractivity contribution >= 4 is 22.8 Å². The number of fused-ring (bicyclic) bond motifs is 5. The highest BCUT2D eigenvalue weighted by atomic mass is 19.1. The van der Waals surface area contributed by atoms with Crippen LogP contribution in [0.5, 0.6) is 0 Å². The average molecular weight is 392 g/mol. The number of aromatic amines is 1. The lowest BCUT2D eigenvalue weighted by molar-refractivity contribution is -0.160. The van der Waals surface area contributed by atoms with Crippen molar-refractivity contribution in [2.75, 3.05) is 13.7 Å². The number of piperidine rings is 1. The number of esters is 1. The number of benzene rings is 2. The zero-order valence-corrected chi connectivity index (χ0v) is 16.0. The summed E-state index contributed by atoms with van der Waals surface area (Å²) in [6.45, 7) is 0.571. The largest absolute Gasteiger partial charge is 0.468 e. The fourth-order valence-corrected chi connectivity index (χ4v) is 4.99. The van der Waals surface area contributed by atoms with Gasteiger partial charge < -0.3 is 14.6 Å². The Morgan fingerprint density at radius 2 is 1.93 bits per heavy atom. The number of hydrogen-bond donors (Lipinski definition) is 1. The number of nitrogens with zero attached hydrogens (tertiary/aromatic N) is 1. The van der Waals surface area contributed by atoms with Gasteiger partial charge in [0, 0.05) is 29.1 Å². The molecule has 2 aromatic carbocycles. The monoisotopic (exact) mass is 392 g/mol. The van der Waals surface area contributed by atoms with Crippen molar-refractivity contribution in [2.45, 2.75) is 24.8 Å². The van der Waals surface area contributed by atoms with Crippen molar-refractivity contribution < 1.29 is 18.7 Å². The Labute approximate surface area is 167 Å². The molecule has 0 unspecified atom stereocenters. The van der Waals surface area contributed by atoms with E-state index in [0.29, 0.717) is 13.0 Å². The lowest BCUT2D eigenvalue weighted by atomic mass is 9.74. The van der Waals surface area contributed by atoms with Crippen LogP contribution in [0.25, 0.3) is 10.9 Å². The number of nitrogens with one attached hydrogen (secondary N) is 1. The minimum atomic E-state index is -0.910. The third-order valence-corrected chi connectivity index (χ3v) is 6.34. The van der Waals surface area contributed by atoms with Crippen LogP contribution in [0.4, 0.5) is 4.39 Å². The second-order valence-corrected chi connectivity index (χ2v) is 7.75. The summed E-state index contributed by atoms with van der Waals surface area (Å²) in [6, 6.07) is 14.1. The van der Waals surface area contributed by atoms with Gasteiger partial charge >= 0.3 is 5.97 Å². The maximum atomic E-state index is 13.5. The predicted molar refractivity (Wildman–Crippen MR) is 106 cm³/mol. The number of hydrogen-bond acceptors (Lipinski definition) is 3. The van der Waals surface area contributed by atoms with Crippen LogP contribution < -0.4 is 0 Å². The van der Waals surface area contributed by atoms with E-state index in [-0.39, 0.29) is 23.7 Å². The molecule has 1 N–H and O–H groups in total. The van der Waals surface area contributed by atoms with Crippen LogP contribution in [-0.2, 0) is 20.7 Å². The van der Waals surface area contributed by atoms with Crippen LogP contribution in [0.2, 0.25) is 0 Å². The number of methoxy groups -OCH3 is 1. The van der Waals surface area contributed by atoms with Gasteiger partial charge in [-0.3, -0.25) is 9.59 Å². The van der Waals surface area contributed by atoms with Crippen molar-refractivity contribution in [3.63, 3.8) is 0 Å². The second kappa shape index (κ2) is 6.72. The quantitative estimate of drug-likeness (QED) is 0.534. The molecule has 0 bridgehead atoms. The summed E-state index contributed by atoms with van der Waals surface area (Å²) in [5, 5.41) is 1.18. The zero-order chi connectivity index (χ0) is 20.1. The SMILES string of the molecule is COC(=O)[C@@H]1C(=O)N2CCc3c([nH]c4ccccc34)[C@H]2C[C@H]1c1ccc(F)cc1. The highest BCUT2D eigenvalue weighted by molar-refractivity contribution is 6.00. The van der Waals surface area contributed by atoms with Crippen LogP contribution >= 0.6 is 0 Å². The Balaban J connectivity index is 1.61. The summed E-state index contributed by atoms with van der Waals surface area (Å²) in [5.41, 5.74) is 4.11. The molecule has 29 heavy (non-hydrogen) atoms. The molecule has 0 aliphatic carbocycles. The van der Waals surface area contributed by atoms with Gasteiger partial charge in [-0.1, -0.05) is 30.3 Å². The lowest BCUT2D eigenvalue weighted by Gasteiger charge is -2.45. The minimum Gasteiger partial charge on any atom is -0.468 e. The van der Waals surface area contributed by atoms with E-state index in [1.54, 1.807) is 17.0 Å². The van der Waals surface area contributed by atoms with Crippen LogP contribution in [-0.4, -0.2) is 35.4 Å². The van der Waals surface area contributed by atoms with E-state index >= 15 is 0 Å².